The van der Waals surface area contributed by atoms with Crippen LogP contribution >= 0.6 is 23.2 Å². The van der Waals surface area contributed by atoms with Crippen LogP contribution in [0.25, 0.3) is 21.5 Å². The number of carbonyl (C=O) groups is 2. The number of phenolic OH excluding ortho intramolecular Hbond substituents is 3. The second kappa shape index (κ2) is 14.0. The van der Waals surface area contributed by atoms with Crippen molar-refractivity contribution in [2.75, 3.05) is 13.9 Å². The number of aromatic hydroxyl groups is 3. The zero-order chi connectivity index (χ0) is 43.4. The molecule has 8 aromatic rings. The largest absolute Gasteiger partial charge is 0.508 e. The Balaban J connectivity index is 0.000000142. The Bertz CT molecular complexity index is 3310. The van der Waals surface area contributed by atoms with Gasteiger partial charge in [0, 0.05) is 63.4 Å². The Kier molecular flexibility index (Phi) is 8.58. The van der Waals surface area contributed by atoms with Gasteiger partial charge in [0.05, 0.1) is 21.2 Å². The third-order valence-electron chi connectivity index (χ3n) is 11.8. The Morgan fingerprint density at radius 1 is 0.540 bits per heavy atom. The standard InChI is InChI=1S/C26H17ClO6.C24H13ClO5/c1-30-13-31-23-12-22-20(11-21(23)27)26(18-5-3-2-4-17(18)25(29)33-26)19-9-6-14-10-15(28)7-8-16(14)24(19)32-22;25-19-10-18-21(11-20(19)27)29-22-14-7-6-13(26)9-12(14)5-8-17(22)24(18)16-4-2-1-3-15(16)23(28)30-24/h2-12,28H,13H2,1H3;1-11,26-27H. The first kappa shape index (κ1) is 38.5. The van der Waals surface area contributed by atoms with Gasteiger partial charge in [-0.25, -0.2) is 9.59 Å². The van der Waals surface area contributed by atoms with Gasteiger partial charge < -0.3 is 43.7 Å². The quantitative estimate of drug-likeness (QED) is 0.115. The molecule has 0 aliphatic carbocycles. The van der Waals surface area contributed by atoms with Gasteiger partial charge in [0.25, 0.3) is 0 Å². The van der Waals surface area contributed by atoms with Crippen LogP contribution in [0.4, 0.5) is 0 Å². The molecule has 4 aliphatic rings. The SMILES string of the molecule is COCOc1cc2c(cc1Cl)C1(OC(=O)c3ccccc31)c1ccc3cc(O)ccc3c1O2.O=C1OC2(c3cc(Cl)c(O)cc3Oc3c2ccc2cc(O)ccc32)c2ccccc21. The summed E-state index contributed by atoms with van der Waals surface area (Å²) >= 11 is 12.8. The number of methoxy groups -OCH3 is 1. The normalized spacial score (nSPS) is 18.1. The van der Waals surface area contributed by atoms with E-state index in [0.717, 1.165) is 21.5 Å². The van der Waals surface area contributed by atoms with Gasteiger partial charge in [-0.3, -0.25) is 0 Å². The average Bonchev–Trinajstić information content (AvgIpc) is 3.75. The molecule has 0 saturated carbocycles. The van der Waals surface area contributed by atoms with E-state index in [4.69, 9.17) is 51.6 Å². The molecule has 310 valence electrons. The number of hydrogen-bond acceptors (Lipinski definition) is 11. The van der Waals surface area contributed by atoms with Gasteiger partial charge in [-0.2, -0.15) is 0 Å². The first-order valence-electron chi connectivity index (χ1n) is 19.5. The monoisotopic (exact) mass is 876 g/mol. The molecule has 8 aromatic carbocycles. The highest BCUT2D eigenvalue weighted by Gasteiger charge is 2.55. The van der Waals surface area contributed by atoms with E-state index < -0.39 is 23.1 Å². The fourth-order valence-corrected chi connectivity index (χ4v) is 9.51. The molecule has 63 heavy (non-hydrogen) atoms. The van der Waals surface area contributed by atoms with Crippen molar-refractivity contribution in [3.63, 3.8) is 0 Å². The van der Waals surface area contributed by atoms with Gasteiger partial charge in [-0.05, 0) is 83.6 Å². The number of esters is 2. The first-order chi connectivity index (χ1) is 30.5. The molecular formula is C50H30Cl2O11. The van der Waals surface area contributed by atoms with E-state index in [0.29, 0.717) is 78.3 Å². The molecule has 11 nitrogen and oxygen atoms in total. The van der Waals surface area contributed by atoms with Crippen molar-refractivity contribution in [3.05, 3.63) is 188 Å². The van der Waals surface area contributed by atoms with Crippen LogP contribution in [0.5, 0.6) is 46.0 Å². The molecule has 2 atom stereocenters. The van der Waals surface area contributed by atoms with E-state index in [1.165, 1.54) is 13.2 Å². The number of hydrogen-bond donors (Lipinski definition) is 3. The lowest BCUT2D eigenvalue weighted by molar-refractivity contribution is 0.0214. The van der Waals surface area contributed by atoms with E-state index in [-0.39, 0.29) is 29.1 Å². The highest BCUT2D eigenvalue weighted by molar-refractivity contribution is 6.32. The van der Waals surface area contributed by atoms with Crippen molar-refractivity contribution in [2.24, 2.45) is 0 Å². The highest BCUT2D eigenvalue weighted by atomic mass is 35.5. The third kappa shape index (κ3) is 5.57. The lowest BCUT2D eigenvalue weighted by Crippen LogP contribution is -2.33. The van der Waals surface area contributed by atoms with Crippen LogP contribution in [0.2, 0.25) is 10.0 Å². The van der Waals surface area contributed by atoms with Gasteiger partial charge in [-0.15, -0.1) is 0 Å². The summed E-state index contributed by atoms with van der Waals surface area (Å²) in [7, 11) is 1.52. The van der Waals surface area contributed by atoms with Crippen molar-refractivity contribution in [3.8, 4) is 46.0 Å². The fourth-order valence-electron chi connectivity index (χ4n) is 9.13. The van der Waals surface area contributed by atoms with Crippen molar-refractivity contribution in [1.82, 2.24) is 0 Å². The van der Waals surface area contributed by atoms with Gasteiger partial charge >= 0.3 is 11.9 Å². The molecule has 2 unspecified atom stereocenters. The number of ether oxygens (including phenoxy) is 6. The van der Waals surface area contributed by atoms with Crippen molar-refractivity contribution in [1.29, 1.82) is 0 Å². The summed E-state index contributed by atoms with van der Waals surface area (Å²) in [6.07, 6.45) is 0. The fraction of sp³-hybridized carbons (Fsp3) is 0.0800. The molecule has 0 amide bonds. The minimum absolute atomic E-state index is 0.0142. The Hall–Kier alpha value is -7.44. The van der Waals surface area contributed by atoms with Gasteiger partial charge in [0.15, 0.2) is 18.0 Å². The topological polar surface area (TPSA) is 150 Å². The van der Waals surface area contributed by atoms with Crippen LogP contribution in [0.15, 0.2) is 133 Å². The molecule has 4 heterocycles. The first-order valence-corrected chi connectivity index (χ1v) is 20.3. The molecule has 13 heteroatoms. The maximum atomic E-state index is 13.0. The molecule has 4 aliphatic heterocycles. The third-order valence-corrected chi connectivity index (χ3v) is 12.4. The summed E-state index contributed by atoms with van der Waals surface area (Å²) in [5, 5.41) is 33.6. The molecule has 0 aromatic heterocycles. The lowest BCUT2D eigenvalue weighted by Gasteiger charge is -2.37. The minimum atomic E-state index is -1.26. The number of phenols is 3. The second-order valence-electron chi connectivity index (χ2n) is 15.3. The lowest BCUT2D eigenvalue weighted by atomic mass is 9.77. The van der Waals surface area contributed by atoms with Crippen LogP contribution in [0.1, 0.15) is 54.1 Å². The molecule has 12 rings (SSSR count). The van der Waals surface area contributed by atoms with E-state index in [1.54, 1.807) is 78.9 Å². The van der Waals surface area contributed by atoms with E-state index in [2.05, 4.69) is 0 Å². The van der Waals surface area contributed by atoms with Crippen LogP contribution in [0.3, 0.4) is 0 Å². The zero-order valence-electron chi connectivity index (χ0n) is 32.8. The summed E-state index contributed by atoms with van der Waals surface area (Å²) in [4.78, 5) is 25.8. The smallest absolute Gasteiger partial charge is 0.340 e. The number of carbonyl (C=O) groups excluding carboxylic acids is 2. The zero-order valence-corrected chi connectivity index (χ0v) is 34.3. The van der Waals surface area contributed by atoms with Crippen LogP contribution in [-0.2, 0) is 25.4 Å². The minimum Gasteiger partial charge on any atom is -0.508 e. The van der Waals surface area contributed by atoms with Crippen LogP contribution < -0.4 is 14.2 Å². The number of fused-ring (bicyclic) bond motifs is 16. The summed E-state index contributed by atoms with van der Waals surface area (Å²) < 4.78 is 35.5. The molecule has 3 N–H and O–H groups in total. The molecule has 0 bridgehead atoms. The molecule has 0 radical (unpaired) electrons. The highest BCUT2D eigenvalue weighted by Crippen LogP contribution is 2.60. The maximum Gasteiger partial charge on any atom is 0.340 e. The van der Waals surface area contributed by atoms with Crippen molar-refractivity contribution >= 4 is 56.7 Å². The Morgan fingerprint density at radius 3 is 1.56 bits per heavy atom. The molecule has 0 fully saturated rings. The summed E-state index contributed by atoms with van der Waals surface area (Å²) in [6, 6.07) is 38.3. The number of rotatable bonds is 3. The summed E-state index contributed by atoms with van der Waals surface area (Å²) in [5.41, 5.74) is 2.29. The Morgan fingerprint density at radius 2 is 1.03 bits per heavy atom. The predicted octanol–water partition coefficient (Wildman–Crippen LogP) is 11.2. The molecule has 2 spiro atoms. The summed E-state index contributed by atoms with van der Waals surface area (Å²) in [5.74, 6) is 1.47. The van der Waals surface area contributed by atoms with Crippen LogP contribution in [-0.4, -0.2) is 41.2 Å². The predicted molar refractivity (Wildman–Crippen MR) is 232 cm³/mol. The van der Waals surface area contributed by atoms with Gasteiger partial charge in [0.1, 0.15) is 46.0 Å². The Labute approximate surface area is 367 Å². The summed E-state index contributed by atoms with van der Waals surface area (Å²) in [6.45, 7) is 0.0142. The number of halogens is 2. The average molecular weight is 878 g/mol. The molecule has 0 saturated heterocycles. The molecular weight excluding hydrogens is 847 g/mol. The second-order valence-corrected chi connectivity index (χ2v) is 16.1. The number of benzene rings is 8. The van der Waals surface area contributed by atoms with E-state index >= 15 is 0 Å². The van der Waals surface area contributed by atoms with Crippen LogP contribution in [0, 0.1) is 0 Å². The van der Waals surface area contributed by atoms with Crippen molar-refractivity contribution in [2.45, 2.75) is 11.2 Å². The van der Waals surface area contributed by atoms with E-state index in [1.807, 2.05) is 48.5 Å². The van der Waals surface area contributed by atoms with Gasteiger partial charge in [-0.1, -0.05) is 71.7 Å². The van der Waals surface area contributed by atoms with Crippen molar-refractivity contribution < 1.29 is 53.3 Å². The van der Waals surface area contributed by atoms with E-state index in [9.17, 15) is 24.9 Å². The van der Waals surface area contributed by atoms with Gasteiger partial charge in [0.2, 0.25) is 0 Å². The maximum absolute atomic E-state index is 13.0.